The minimum atomic E-state index is 0.0464. The molecule has 2 atom stereocenters. The van der Waals surface area contributed by atoms with Crippen LogP contribution in [0.25, 0.3) is 0 Å². The highest BCUT2D eigenvalue weighted by Gasteiger charge is 2.54. The second-order valence-corrected chi connectivity index (χ2v) is 10.8. The van der Waals surface area contributed by atoms with Crippen molar-refractivity contribution < 1.29 is 0 Å². The van der Waals surface area contributed by atoms with Crippen LogP contribution in [-0.2, 0) is 0 Å². The SMILES string of the molecule is C=C1C2CC3CC(C2)CC1(NC(=N)NC1C2CC4CC(C2)CC1C4)C3. The largest absolute Gasteiger partial charge is 0.353 e. The van der Waals surface area contributed by atoms with Gasteiger partial charge in [0.05, 0.1) is 5.54 Å². The van der Waals surface area contributed by atoms with E-state index in [1.54, 1.807) is 0 Å². The third-order valence-electron chi connectivity index (χ3n) is 9.19. The van der Waals surface area contributed by atoms with Gasteiger partial charge >= 0.3 is 0 Å². The summed E-state index contributed by atoms with van der Waals surface area (Å²) in [5, 5.41) is 16.1. The minimum Gasteiger partial charge on any atom is -0.353 e. The van der Waals surface area contributed by atoms with Crippen LogP contribution in [0.5, 0.6) is 0 Å². The van der Waals surface area contributed by atoms with E-state index in [1.165, 1.54) is 69.8 Å². The van der Waals surface area contributed by atoms with Crippen LogP contribution in [0.1, 0.15) is 64.2 Å². The maximum Gasteiger partial charge on any atom is 0.189 e. The molecule has 0 heterocycles. The van der Waals surface area contributed by atoms with Crippen LogP contribution in [0.2, 0.25) is 0 Å². The summed E-state index contributed by atoms with van der Waals surface area (Å²) in [5.41, 5.74) is 1.47. The fraction of sp³-hybridized carbons (Fsp3) is 0.864. The van der Waals surface area contributed by atoms with E-state index in [1.807, 2.05) is 0 Å². The average molecular weight is 340 g/mol. The summed E-state index contributed by atoms with van der Waals surface area (Å²) >= 11 is 0. The van der Waals surface area contributed by atoms with Crippen molar-refractivity contribution in [2.24, 2.45) is 41.4 Å². The molecule has 8 rings (SSSR count). The van der Waals surface area contributed by atoms with Gasteiger partial charge in [-0.2, -0.15) is 0 Å². The summed E-state index contributed by atoms with van der Waals surface area (Å²) in [5.74, 6) is 6.77. The first kappa shape index (κ1) is 15.1. The van der Waals surface area contributed by atoms with Crippen LogP contribution < -0.4 is 10.6 Å². The van der Waals surface area contributed by atoms with Crippen LogP contribution in [0, 0.1) is 46.8 Å². The molecule has 8 aliphatic carbocycles. The van der Waals surface area contributed by atoms with Gasteiger partial charge in [-0.05, 0) is 111 Å². The van der Waals surface area contributed by atoms with Crippen molar-refractivity contribution in [1.82, 2.24) is 10.6 Å². The second kappa shape index (κ2) is 5.04. The van der Waals surface area contributed by atoms with E-state index in [-0.39, 0.29) is 5.54 Å². The van der Waals surface area contributed by atoms with Crippen molar-refractivity contribution in [3.63, 3.8) is 0 Å². The molecule has 3 N–H and O–H groups in total. The van der Waals surface area contributed by atoms with E-state index in [0.717, 1.165) is 41.4 Å². The Labute approximate surface area is 151 Å². The van der Waals surface area contributed by atoms with Crippen LogP contribution >= 0.6 is 0 Å². The maximum absolute atomic E-state index is 8.73. The molecule has 3 nitrogen and oxygen atoms in total. The van der Waals surface area contributed by atoms with Gasteiger partial charge in [-0.1, -0.05) is 6.58 Å². The number of nitrogens with one attached hydrogen (secondary N) is 3. The summed E-state index contributed by atoms with van der Waals surface area (Å²) in [6.45, 7) is 4.51. The van der Waals surface area contributed by atoms with Gasteiger partial charge < -0.3 is 10.6 Å². The number of rotatable bonds is 2. The van der Waals surface area contributed by atoms with Crippen LogP contribution in [0.15, 0.2) is 12.2 Å². The smallest absolute Gasteiger partial charge is 0.189 e. The lowest BCUT2D eigenvalue weighted by Gasteiger charge is -2.59. The molecule has 8 fully saturated rings. The van der Waals surface area contributed by atoms with Gasteiger partial charge in [0, 0.05) is 6.04 Å². The lowest BCUT2D eigenvalue weighted by atomic mass is 9.51. The first-order valence-electron chi connectivity index (χ1n) is 10.9. The molecule has 0 aromatic rings. The third-order valence-corrected chi connectivity index (χ3v) is 9.19. The first-order chi connectivity index (χ1) is 12.1. The highest BCUT2D eigenvalue weighted by atomic mass is 15.2. The van der Waals surface area contributed by atoms with E-state index >= 15 is 0 Å². The zero-order valence-electron chi connectivity index (χ0n) is 15.4. The molecule has 2 unspecified atom stereocenters. The predicted molar refractivity (Wildman–Crippen MR) is 100 cm³/mol. The van der Waals surface area contributed by atoms with Crippen LogP contribution in [0.4, 0.5) is 0 Å². The Morgan fingerprint density at radius 1 is 0.840 bits per heavy atom. The topological polar surface area (TPSA) is 47.9 Å². The van der Waals surface area contributed by atoms with Crippen LogP contribution in [0.3, 0.4) is 0 Å². The second-order valence-electron chi connectivity index (χ2n) is 10.8. The van der Waals surface area contributed by atoms with Gasteiger partial charge in [0.15, 0.2) is 5.96 Å². The molecular weight excluding hydrogens is 306 g/mol. The van der Waals surface area contributed by atoms with Gasteiger partial charge in [-0.25, -0.2) is 0 Å². The third kappa shape index (κ3) is 2.20. The van der Waals surface area contributed by atoms with E-state index in [2.05, 4.69) is 17.2 Å². The highest BCUT2D eigenvalue weighted by Crippen LogP contribution is 2.58. The quantitative estimate of drug-likeness (QED) is 0.404. The van der Waals surface area contributed by atoms with E-state index in [0.29, 0.717) is 12.0 Å². The predicted octanol–water partition coefficient (Wildman–Crippen LogP) is 4.06. The molecule has 0 aromatic heterocycles. The lowest BCUT2D eigenvalue weighted by molar-refractivity contribution is -0.00813. The molecule has 0 radical (unpaired) electrons. The van der Waals surface area contributed by atoms with E-state index in [9.17, 15) is 0 Å². The number of guanidine groups is 1. The van der Waals surface area contributed by atoms with Gasteiger partial charge in [-0.3, -0.25) is 5.41 Å². The molecule has 8 saturated carbocycles. The molecule has 0 saturated heterocycles. The Hall–Kier alpha value is -0.990. The van der Waals surface area contributed by atoms with Crippen molar-refractivity contribution in [2.75, 3.05) is 0 Å². The maximum atomic E-state index is 8.73. The molecule has 0 aromatic carbocycles. The molecule has 3 heteroatoms. The molecule has 25 heavy (non-hydrogen) atoms. The highest BCUT2D eigenvalue weighted by molar-refractivity contribution is 5.78. The molecular formula is C22H33N3. The summed E-state index contributed by atoms with van der Waals surface area (Å²) in [7, 11) is 0. The average Bonchev–Trinajstić information content (AvgIpc) is 2.54. The van der Waals surface area contributed by atoms with Crippen molar-refractivity contribution in [3.8, 4) is 0 Å². The first-order valence-corrected chi connectivity index (χ1v) is 10.9. The number of hydrogen-bond acceptors (Lipinski definition) is 1. The van der Waals surface area contributed by atoms with Gasteiger partial charge in [0.1, 0.15) is 0 Å². The normalized spacial score (nSPS) is 54.8. The minimum absolute atomic E-state index is 0.0464. The Morgan fingerprint density at radius 2 is 1.40 bits per heavy atom. The molecule has 136 valence electrons. The Bertz CT molecular complexity index is 581. The van der Waals surface area contributed by atoms with Crippen molar-refractivity contribution in [1.29, 1.82) is 5.41 Å². The fourth-order valence-corrected chi connectivity index (χ4v) is 8.69. The summed E-state index contributed by atoms with van der Waals surface area (Å²) in [4.78, 5) is 0. The number of hydrogen-bond donors (Lipinski definition) is 3. The lowest BCUT2D eigenvalue weighted by Crippen LogP contribution is -2.65. The van der Waals surface area contributed by atoms with Crippen molar-refractivity contribution in [3.05, 3.63) is 12.2 Å². The Morgan fingerprint density at radius 3 is 2.00 bits per heavy atom. The molecule has 0 spiro atoms. The van der Waals surface area contributed by atoms with E-state index < -0.39 is 0 Å². The summed E-state index contributed by atoms with van der Waals surface area (Å²) < 4.78 is 0. The van der Waals surface area contributed by atoms with Crippen LogP contribution in [-0.4, -0.2) is 17.5 Å². The van der Waals surface area contributed by atoms with Gasteiger partial charge in [0.25, 0.3) is 0 Å². The van der Waals surface area contributed by atoms with Gasteiger partial charge in [-0.15, -0.1) is 0 Å². The zero-order valence-corrected chi connectivity index (χ0v) is 15.4. The Balaban J connectivity index is 1.17. The van der Waals surface area contributed by atoms with Crippen molar-refractivity contribution in [2.45, 2.75) is 75.8 Å². The fourth-order valence-electron chi connectivity index (χ4n) is 8.69. The summed E-state index contributed by atoms with van der Waals surface area (Å²) in [6, 6.07) is 0.565. The Kier molecular flexibility index (Phi) is 3.05. The van der Waals surface area contributed by atoms with E-state index in [4.69, 9.17) is 5.41 Å². The molecule has 8 aliphatic rings. The molecule has 8 bridgehead atoms. The molecule has 0 aliphatic heterocycles. The van der Waals surface area contributed by atoms with Gasteiger partial charge in [0.2, 0.25) is 0 Å². The molecule has 0 amide bonds. The summed E-state index contributed by atoms with van der Waals surface area (Å²) in [6.07, 6.45) is 13.8. The monoisotopic (exact) mass is 339 g/mol. The standard InChI is InChI=1S/C22H33N3/c1-12-17-8-15-3-16(9-17)11-22(12,10-15)25-21(23)24-20-18-4-13-2-14(6-18)7-19(20)5-13/h13-20H,1-11H2,(H3,23,24,25). The van der Waals surface area contributed by atoms with Crippen molar-refractivity contribution >= 4 is 5.96 Å². The zero-order chi connectivity index (χ0) is 16.8.